The van der Waals surface area contributed by atoms with Crippen molar-refractivity contribution < 1.29 is 4.79 Å². The van der Waals surface area contributed by atoms with Crippen LogP contribution in [-0.4, -0.2) is 20.9 Å². The molecule has 0 saturated carbocycles. The van der Waals surface area contributed by atoms with Crippen molar-refractivity contribution in [1.29, 1.82) is 0 Å². The lowest BCUT2D eigenvalue weighted by molar-refractivity contribution is -0.117. The second-order valence-corrected chi connectivity index (χ2v) is 5.99. The van der Waals surface area contributed by atoms with E-state index < -0.39 is 0 Å². The number of amides is 1. The summed E-state index contributed by atoms with van der Waals surface area (Å²) >= 11 is 0. The smallest absolute Gasteiger partial charge is 0.232 e. The van der Waals surface area contributed by atoms with E-state index in [4.69, 9.17) is 0 Å². The predicted octanol–water partition coefficient (Wildman–Crippen LogP) is 3.32. The Hall–Kier alpha value is -2.69. The summed E-state index contributed by atoms with van der Waals surface area (Å²) in [5.74, 6) is 1.04. The molecule has 1 aliphatic heterocycles. The van der Waals surface area contributed by atoms with Crippen LogP contribution < -0.4 is 5.32 Å². The molecule has 1 aliphatic rings. The number of hydrogen-bond donors (Lipinski definition) is 2. The van der Waals surface area contributed by atoms with Crippen LogP contribution >= 0.6 is 0 Å². The molecule has 1 unspecified atom stereocenters. The lowest BCUT2D eigenvalue weighted by Gasteiger charge is -2.12. The summed E-state index contributed by atoms with van der Waals surface area (Å²) in [6.45, 7) is 4.13. The molecule has 110 valence electrons. The molecule has 3 heterocycles. The first-order valence-electron chi connectivity index (χ1n) is 7.38. The molecule has 5 nitrogen and oxygen atoms in total. The summed E-state index contributed by atoms with van der Waals surface area (Å²) in [5, 5.41) is 2.96. The molecule has 0 fully saturated rings. The van der Waals surface area contributed by atoms with E-state index in [1.54, 1.807) is 12.4 Å². The monoisotopic (exact) mass is 292 g/mol. The topological polar surface area (TPSA) is 70.7 Å². The minimum absolute atomic E-state index is 0.0742. The van der Waals surface area contributed by atoms with E-state index in [1.165, 1.54) is 0 Å². The maximum Gasteiger partial charge on any atom is 0.232 e. The Morgan fingerprint density at radius 2 is 2.14 bits per heavy atom. The maximum atomic E-state index is 12.1. The molecule has 0 spiro atoms. The highest BCUT2D eigenvalue weighted by molar-refractivity contribution is 6.05. The Kier molecular flexibility index (Phi) is 2.76. The Morgan fingerprint density at radius 3 is 2.86 bits per heavy atom. The van der Waals surface area contributed by atoms with Gasteiger partial charge in [0.15, 0.2) is 0 Å². The maximum absolute atomic E-state index is 12.1. The second-order valence-electron chi connectivity index (χ2n) is 5.99. The number of carbonyl (C=O) groups excluding carboxylic acids is 1. The molecule has 4 rings (SSSR count). The van der Waals surface area contributed by atoms with Gasteiger partial charge in [-0.2, -0.15) is 0 Å². The summed E-state index contributed by atoms with van der Waals surface area (Å²) in [6.07, 6.45) is 3.52. The standard InChI is InChI=1S/C17H16N4O/c1-9(2)15-11-6-13-14(7-12(11)21-17(15)22)20-16(19-13)10-4-3-5-18-8-10/h3-9,15H,1-2H3,(H,19,20)(H,21,22). The number of nitrogens with one attached hydrogen (secondary N) is 2. The number of H-pyrrole nitrogens is 1. The summed E-state index contributed by atoms with van der Waals surface area (Å²) in [5.41, 5.74) is 4.67. The van der Waals surface area contributed by atoms with Gasteiger partial charge in [-0.1, -0.05) is 13.8 Å². The fourth-order valence-corrected chi connectivity index (χ4v) is 3.09. The number of hydrogen-bond acceptors (Lipinski definition) is 3. The van der Waals surface area contributed by atoms with Crippen molar-refractivity contribution in [1.82, 2.24) is 15.0 Å². The number of rotatable bonds is 2. The van der Waals surface area contributed by atoms with Gasteiger partial charge in [-0.25, -0.2) is 4.98 Å². The van der Waals surface area contributed by atoms with Gasteiger partial charge in [-0.05, 0) is 35.7 Å². The van der Waals surface area contributed by atoms with Crippen LogP contribution in [0.15, 0.2) is 36.7 Å². The zero-order valence-corrected chi connectivity index (χ0v) is 12.4. The van der Waals surface area contributed by atoms with E-state index in [9.17, 15) is 4.79 Å². The lowest BCUT2D eigenvalue weighted by atomic mass is 9.89. The summed E-state index contributed by atoms with van der Waals surface area (Å²) in [6, 6.07) is 7.84. The molecule has 0 bridgehead atoms. The minimum atomic E-state index is -0.0930. The number of imidazole rings is 1. The van der Waals surface area contributed by atoms with Gasteiger partial charge in [-0.15, -0.1) is 0 Å². The normalized spacial score (nSPS) is 17.0. The highest BCUT2D eigenvalue weighted by atomic mass is 16.2. The highest BCUT2D eigenvalue weighted by Crippen LogP contribution is 2.39. The molecule has 2 N–H and O–H groups in total. The molecule has 1 aromatic carbocycles. The van der Waals surface area contributed by atoms with Crippen LogP contribution in [0.5, 0.6) is 0 Å². The van der Waals surface area contributed by atoms with Gasteiger partial charge in [0, 0.05) is 23.6 Å². The molecule has 2 aromatic heterocycles. The van der Waals surface area contributed by atoms with Gasteiger partial charge in [0.05, 0.1) is 17.0 Å². The van der Waals surface area contributed by atoms with E-state index in [2.05, 4.69) is 34.1 Å². The number of pyridine rings is 1. The van der Waals surface area contributed by atoms with Crippen molar-refractivity contribution in [3.63, 3.8) is 0 Å². The van der Waals surface area contributed by atoms with Crippen molar-refractivity contribution in [2.75, 3.05) is 5.32 Å². The Bertz CT molecular complexity index is 867. The number of fused-ring (bicyclic) bond motifs is 2. The Labute approximate surface area is 127 Å². The molecule has 0 saturated heterocycles. The van der Waals surface area contributed by atoms with Gasteiger partial charge >= 0.3 is 0 Å². The fraction of sp³-hybridized carbons (Fsp3) is 0.235. The molecule has 1 atom stereocenters. The molecule has 22 heavy (non-hydrogen) atoms. The first-order valence-corrected chi connectivity index (χ1v) is 7.38. The van der Waals surface area contributed by atoms with Gasteiger partial charge < -0.3 is 10.3 Å². The SMILES string of the molecule is CC(C)C1C(=O)Nc2cc3nc(-c4cccnc4)[nH]c3cc21. The van der Waals surface area contributed by atoms with E-state index in [-0.39, 0.29) is 17.7 Å². The van der Waals surface area contributed by atoms with E-state index >= 15 is 0 Å². The van der Waals surface area contributed by atoms with Crippen molar-refractivity contribution in [3.05, 3.63) is 42.2 Å². The molecular weight excluding hydrogens is 276 g/mol. The average molecular weight is 292 g/mol. The first kappa shape index (κ1) is 13.0. The van der Waals surface area contributed by atoms with Gasteiger partial charge in [0.25, 0.3) is 0 Å². The fourth-order valence-electron chi connectivity index (χ4n) is 3.09. The minimum Gasteiger partial charge on any atom is -0.338 e. The quantitative estimate of drug-likeness (QED) is 0.761. The highest BCUT2D eigenvalue weighted by Gasteiger charge is 2.33. The third kappa shape index (κ3) is 1.89. The second kappa shape index (κ2) is 4.66. The number of aromatic nitrogens is 3. The molecule has 0 aliphatic carbocycles. The van der Waals surface area contributed by atoms with Gasteiger partial charge in [0.1, 0.15) is 5.82 Å². The van der Waals surface area contributed by atoms with Crippen LogP contribution in [0.3, 0.4) is 0 Å². The van der Waals surface area contributed by atoms with Gasteiger partial charge in [-0.3, -0.25) is 9.78 Å². The zero-order valence-electron chi connectivity index (χ0n) is 12.4. The van der Waals surface area contributed by atoms with Crippen LogP contribution in [0, 0.1) is 5.92 Å². The molecule has 3 aromatic rings. The number of anilines is 1. The predicted molar refractivity (Wildman–Crippen MR) is 85.5 cm³/mol. The largest absolute Gasteiger partial charge is 0.338 e. The van der Waals surface area contributed by atoms with Crippen molar-refractivity contribution in [3.8, 4) is 11.4 Å². The Morgan fingerprint density at radius 1 is 1.27 bits per heavy atom. The van der Waals surface area contributed by atoms with Crippen molar-refractivity contribution >= 4 is 22.6 Å². The summed E-state index contributed by atoms with van der Waals surface area (Å²) in [7, 11) is 0. The number of benzene rings is 1. The van der Waals surface area contributed by atoms with Crippen LogP contribution in [0.25, 0.3) is 22.4 Å². The zero-order chi connectivity index (χ0) is 15.3. The van der Waals surface area contributed by atoms with Crippen molar-refractivity contribution in [2.24, 2.45) is 5.92 Å². The summed E-state index contributed by atoms with van der Waals surface area (Å²) < 4.78 is 0. The summed E-state index contributed by atoms with van der Waals surface area (Å²) in [4.78, 5) is 24.2. The Balaban J connectivity index is 1.85. The van der Waals surface area contributed by atoms with E-state index in [0.29, 0.717) is 0 Å². The van der Waals surface area contributed by atoms with Gasteiger partial charge in [0.2, 0.25) is 5.91 Å². The average Bonchev–Trinajstić information content (AvgIpc) is 3.04. The van der Waals surface area contributed by atoms with Crippen molar-refractivity contribution in [2.45, 2.75) is 19.8 Å². The van der Waals surface area contributed by atoms with E-state index in [0.717, 1.165) is 33.7 Å². The molecule has 0 radical (unpaired) electrons. The molecule has 5 heteroatoms. The first-order chi connectivity index (χ1) is 10.6. The number of carbonyl (C=O) groups is 1. The van der Waals surface area contributed by atoms with Crippen LogP contribution in [0.2, 0.25) is 0 Å². The number of aromatic amines is 1. The van der Waals surface area contributed by atoms with Crippen LogP contribution in [-0.2, 0) is 4.79 Å². The lowest BCUT2D eigenvalue weighted by Crippen LogP contribution is -2.16. The molecule has 1 amide bonds. The van der Waals surface area contributed by atoms with Crippen LogP contribution in [0.4, 0.5) is 5.69 Å². The molecular formula is C17H16N4O. The third-order valence-electron chi connectivity index (χ3n) is 4.13. The number of nitrogens with zero attached hydrogens (tertiary/aromatic N) is 2. The van der Waals surface area contributed by atoms with E-state index in [1.807, 2.05) is 24.3 Å². The van der Waals surface area contributed by atoms with Crippen LogP contribution in [0.1, 0.15) is 25.3 Å². The third-order valence-corrected chi connectivity index (χ3v) is 4.13.